The summed E-state index contributed by atoms with van der Waals surface area (Å²) in [5, 5.41) is 2.49. The van der Waals surface area contributed by atoms with E-state index in [2.05, 4.69) is 11.9 Å². The van der Waals surface area contributed by atoms with Gasteiger partial charge in [-0.05, 0) is 33.6 Å². The van der Waals surface area contributed by atoms with Gasteiger partial charge in [0.2, 0.25) is 5.91 Å². The zero-order chi connectivity index (χ0) is 10.9. The van der Waals surface area contributed by atoms with Crippen molar-refractivity contribution < 1.29 is 4.79 Å². The van der Waals surface area contributed by atoms with E-state index in [1.807, 2.05) is 33.0 Å². The highest BCUT2D eigenvalue weighted by atomic mass is 35.5. The highest BCUT2D eigenvalue weighted by Crippen LogP contribution is 1.94. The number of alkyl halides is 1. The van der Waals surface area contributed by atoms with E-state index in [0.29, 0.717) is 0 Å². The molecule has 0 bridgehead atoms. The molecule has 0 aromatic heterocycles. The van der Waals surface area contributed by atoms with Crippen LogP contribution >= 0.6 is 11.6 Å². The van der Waals surface area contributed by atoms with E-state index < -0.39 is 0 Å². The molecule has 0 heterocycles. The van der Waals surface area contributed by atoms with E-state index in [4.69, 9.17) is 11.6 Å². The van der Waals surface area contributed by atoms with Crippen LogP contribution < -0.4 is 5.32 Å². The van der Waals surface area contributed by atoms with E-state index in [1.54, 1.807) is 0 Å². The zero-order valence-corrected chi connectivity index (χ0v) is 9.56. The summed E-state index contributed by atoms with van der Waals surface area (Å²) in [6.07, 6.45) is 1.92. The van der Waals surface area contributed by atoms with Crippen LogP contribution in [0.4, 0.5) is 0 Å². The maximum atomic E-state index is 10.5. The lowest BCUT2D eigenvalue weighted by atomic mass is 10.4. The van der Waals surface area contributed by atoms with Gasteiger partial charge in [-0.1, -0.05) is 25.1 Å². The minimum Gasteiger partial charge on any atom is -0.336 e. The van der Waals surface area contributed by atoms with Gasteiger partial charge in [-0.2, -0.15) is 0 Å². The standard InChI is InChI=1S/C6H10ClNO.C3H9N/c1-3-5(7)8-6(9)4-2;1-4(2)3/h4-5H,2-3H2,1H3,(H,8,9);1-3H3. The predicted molar refractivity (Wildman–Crippen MR) is 57.9 cm³/mol. The predicted octanol–water partition coefficient (Wildman–Crippen LogP) is 1.44. The van der Waals surface area contributed by atoms with Crippen LogP contribution in [0.15, 0.2) is 12.7 Å². The first kappa shape index (κ1) is 15.0. The molecule has 1 atom stereocenters. The molecule has 1 unspecified atom stereocenters. The number of carbonyl (C=O) groups excluding carboxylic acids is 1. The molecule has 1 amide bonds. The first-order chi connectivity index (χ1) is 5.93. The highest BCUT2D eigenvalue weighted by molar-refractivity contribution is 6.21. The van der Waals surface area contributed by atoms with Gasteiger partial charge in [0.1, 0.15) is 5.50 Å². The fraction of sp³-hybridized carbons (Fsp3) is 0.667. The number of rotatable bonds is 3. The van der Waals surface area contributed by atoms with Crippen molar-refractivity contribution in [2.45, 2.75) is 18.8 Å². The van der Waals surface area contributed by atoms with Crippen LogP contribution in [0.1, 0.15) is 13.3 Å². The number of amides is 1. The molecule has 0 saturated carbocycles. The molecule has 0 aliphatic heterocycles. The van der Waals surface area contributed by atoms with Gasteiger partial charge < -0.3 is 10.2 Å². The molecule has 0 rings (SSSR count). The van der Waals surface area contributed by atoms with Gasteiger partial charge in [-0.3, -0.25) is 4.79 Å². The summed E-state index contributed by atoms with van der Waals surface area (Å²) in [5.41, 5.74) is -0.268. The molecule has 78 valence electrons. The summed E-state index contributed by atoms with van der Waals surface area (Å²) in [5.74, 6) is -0.225. The molecular formula is C9H19ClN2O. The third kappa shape index (κ3) is 18.4. The average molecular weight is 207 g/mol. The van der Waals surface area contributed by atoms with Gasteiger partial charge in [-0.25, -0.2) is 0 Å². The largest absolute Gasteiger partial charge is 0.336 e. The molecule has 1 N–H and O–H groups in total. The molecule has 3 nitrogen and oxygen atoms in total. The molecule has 0 aromatic carbocycles. The van der Waals surface area contributed by atoms with E-state index in [1.165, 1.54) is 6.08 Å². The highest BCUT2D eigenvalue weighted by Gasteiger charge is 2.00. The van der Waals surface area contributed by atoms with Crippen molar-refractivity contribution in [3.63, 3.8) is 0 Å². The molecule has 0 aliphatic carbocycles. The van der Waals surface area contributed by atoms with Crippen LogP contribution in [0.5, 0.6) is 0 Å². The Morgan fingerprint density at radius 2 is 2.00 bits per heavy atom. The van der Waals surface area contributed by atoms with Crippen molar-refractivity contribution in [1.29, 1.82) is 0 Å². The molecular weight excluding hydrogens is 188 g/mol. The average Bonchev–Trinajstić information content (AvgIpc) is 2.03. The molecule has 0 radical (unpaired) electrons. The van der Waals surface area contributed by atoms with Crippen molar-refractivity contribution >= 4 is 17.5 Å². The maximum absolute atomic E-state index is 10.5. The van der Waals surface area contributed by atoms with Gasteiger partial charge >= 0.3 is 0 Å². The lowest BCUT2D eigenvalue weighted by molar-refractivity contribution is -0.116. The topological polar surface area (TPSA) is 32.3 Å². The Kier molecular flexibility index (Phi) is 11.0. The Bertz CT molecular complexity index is 146. The summed E-state index contributed by atoms with van der Waals surface area (Å²) in [4.78, 5) is 12.5. The summed E-state index contributed by atoms with van der Waals surface area (Å²) < 4.78 is 0. The smallest absolute Gasteiger partial charge is 0.244 e. The number of hydrogen-bond donors (Lipinski definition) is 1. The summed E-state index contributed by atoms with van der Waals surface area (Å²) >= 11 is 5.56. The minimum absolute atomic E-state index is 0.225. The molecule has 13 heavy (non-hydrogen) atoms. The Labute approximate surface area is 85.7 Å². The second-order valence-electron chi connectivity index (χ2n) is 2.93. The maximum Gasteiger partial charge on any atom is 0.244 e. The van der Waals surface area contributed by atoms with Crippen molar-refractivity contribution in [1.82, 2.24) is 10.2 Å². The van der Waals surface area contributed by atoms with E-state index in [0.717, 1.165) is 6.42 Å². The second kappa shape index (κ2) is 9.55. The SMILES string of the molecule is C=CC(=O)NC(Cl)CC.CN(C)C. The Hall–Kier alpha value is -0.540. The lowest BCUT2D eigenvalue weighted by Gasteiger charge is -2.05. The van der Waals surface area contributed by atoms with Crippen molar-refractivity contribution in [3.8, 4) is 0 Å². The number of nitrogens with zero attached hydrogens (tertiary/aromatic N) is 1. The van der Waals surface area contributed by atoms with Gasteiger partial charge in [0.15, 0.2) is 0 Å². The number of nitrogens with one attached hydrogen (secondary N) is 1. The van der Waals surface area contributed by atoms with Crippen LogP contribution in [-0.2, 0) is 4.79 Å². The summed E-state index contributed by atoms with van der Waals surface area (Å²) in [6, 6.07) is 0. The van der Waals surface area contributed by atoms with E-state index >= 15 is 0 Å². The van der Waals surface area contributed by atoms with Gasteiger partial charge in [-0.15, -0.1) is 0 Å². The monoisotopic (exact) mass is 206 g/mol. The molecule has 0 fully saturated rings. The van der Waals surface area contributed by atoms with Gasteiger partial charge in [0.05, 0.1) is 0 Å². The van der Waals surface area contributed by atoms with E-state index in [-0.39, 0.29) is 11.4 Å². The number of carbonyl (C=O) groups is 1. The minimum atomic E-state index is -0.268. The van der Waals surface area contributed by atoms with Crippen LogP contribution in [0, 0.1) is 0 Å². The molecule has 0 saturated heterocycles. The fourth-order valence-corrected chi connectivity index (χ4v) is 0.423. The zero-order valence-electron chi connectivity index (χ0n) is 8.80. The summed E-state index contributed by atoms with van der Waals surface area (Å²) in [6.45, 7) is 5.17. The lowest BCUT2D eigenvalue weighted by Crippen LogP contribution is -2.28. The molecule has 0 aromatic rings. The molecule has 0 aliphatic rings. The molecule has 4 heteroatoms. The van der Waals surface area contributed by atoms with Crippen molar-refractivity contribution in [3.05, 3.63) is 12.7 Å². The third-order valence-electron chi connectivity index (χ3n) is 0.843. The van der Waals surface area contributed by atoms with Gasteiger partial charge in [0, 0.05) is 0 Å². The molecule has 0 spiro atoms. The first-order valence-electron chi connectivity index (χ1n) is 4.11. The third-order valence-corrected chi connectivity index (χ3v) is 1.26. The Morgan fingerprint density at radius 1 is 1.62 bits per heavy atom. The summed E-state index contributed by atoms with van der Waals surface area (Å²) in [7, 11) is 6.00. The Balaban J connectivity index is 0. The van der Waals surface area contributed by atoms with Crippen molar-refractivity contribution in [2.75, 3.05) is 21.1 Å². The van der Waals surface area contributed by atoms with Gasteiger partial charge in [0.25, 0.3) is 0 Å². The normalized spacial score (nSPS) is 11.2. The number of hydrogen-bond acceptors (Lipinski definition) is 2. The van der Waals surface area contributed by atoms with Crippen LogP contribution in [0.25, 0.3) is 0 Å². The van der Waals surface area contributed by atoms with Crippen LogP contribution in [0.3, 0.4) is 0 Å². The number of halogens is 1. The van der Waals surface area contributed by atoms with Crippen molar-refractivity contribution in [2.24, 2.45) is 0 Å². The fourth-order valence-electron chi connectivity index (χ4n) is 0.315. The van der Waals surface area contributed by atoms with E-state index in [9.17, 15) is 4.79 Å². The Morgan fingerprint density at radius 3 is 2.23 bits per heavy atom. The second-order valence-corrected chi connectivity index (χ2v) is 3.46. The first-order valence-corrected chi connectivity index (χ1v) is 4.55. The quantitative estimate of drug-likeness (QED) is 0.431. The van der Waals surface area contributed by atoms with Crippen LogP contribution in [-0.4, -0.2) is 37.5 Å². The van der Waals surface area contributed by atoms with Crippen LogP contribution in [0.2, 0.25) is 0 Å².